The third kappa shape index (κ3) is 6.06. The van der Waals surface area contributed by atoms with Gasteiger partial charge in [0.05, 0.1) is 6.10 Å². The Balaban J connectivity index is 1.55. The van der Waals surface area contributed by atoms with E-state index < -0.39 is 0 Å². The van der Waals surface area contributed by atoms with Crippen molar-refractivity contribution in [1.29, 1.82) is 0 Å². The molecule has 2 N–H and O–H groups in total. The smallest absolute Gasteiger partial charge is 0.315 e. The van der Waals surface area contributed by atoms with Gasteiger partial charge in [0.15, 0.2) is 0 Å². The van der Waals surface area contributed by atoms with E-state index in [4.69, 9.17) is 4.74 Å². The van der Waals surface area contributed by atoms with E-state index in [1.165, 1.54) is 5.57 Å². The van der Waals surface area contributed by atoms with Crippen LogP contribution in [0.15, 0.2) is 12.2 Å². The van der Waals surface area contributed by atoms with Crippen molar-refractivity contribution in [3.05, 3.63) is 12.2 Å². The summed E-state index contributed by atoms with van der Waals surface area (Å²) in [5, 5.41) is 6.02. The molecule has 0 radical (unpaired) electrons. The zero-order valence-electron chi connectivity index (χ0n) is 13.2. The number of ether oxygens (including phenoxy) is 1. The highest BCUT2D eigenvalue weighted by atomic mass is 16.5. The Morgan fingerprint density at radius 1 is 1.33 bits per heavy atom. The summed E-state index contributed by atoms with van der Waals surface area (Å²) < 4.78 is 5.54. The molecule has 2 aliphatic rings. The highest BCUT2D eigenvalue weighted by Gasteiger charge is 2.20. The van der Waals surface area contributed by atoms with Crippen LogP contribution in [0.3, 0.4) is 0 Å². The van der Waals surface area contributed by atoms with Crippen LogP contribution in [-0.2, 0) is 4.74 Å². The second kappa shape index (κ2) is 8.39. The molecule has 2 rings (SSSR count). The fourth-order valence-corrected chi connectivity index (χ4v) is 3.07. The number of amides is 2. The highest BCUT2D eigenvalue weighted by molar-refractivity contribution is 5.74. The van der Waals surface area contributed by atoms with Gasteiger partial charge in [0.1, 0.15) is 0 Å². The summed E-state index contributed by atoms with van der Waals surface area (Å²) in [5.41, 5.74) is 1.20. The van der Waals surface area contributed by atoms with Crippen LogP contribution < -0.4 is 10.6 Å². The summed E-state index contributed by atoms with van der Waals surface area (Å²) in [4.78, 5) is 14.3. The summed E-state index contributed by atoms with van der Waals surface area (Å²) in [6, 6.07) is 0.264. The maximum absolute atomic E-state index is 11.9. The summed E-state index contributed by atoms with van der Waals surface area (Å²) in [6.45, 7) is 10.6. The Morgan fingerprint density at radius 2 is 2.10 bits per heavy atom. The van der Waals surface area contributed by atoms with Crippen molar-refractivity contribution in [3.63, 3.8) is 0 Å². The lowest BCUT2D eigenvalue weighted by Gasteiger charge is -2.32. The second-order valence-electron chi connectivity index (χ2n) is 6.33. The molecule has 2 amide bonds. The van der Waals surface area contributed by atoms with Crippen LogP contribution in [0.4, 0.5) is 4.79 Å². The minimum Gasteiger partial charge on any atom is -0.378 e. The molecule has 0 spiro atoms. The molecule has 1 unspecified atom stereocenters. The summed E-state index contributed by atoms with van der Waals surface area (Å²) >= 11 is 0. The van der Waals surface area contributed by atoms with E-state index in [-0.39, 0.29) is 6.03 Å². The predicted molar refractivity (Wildman–Crippen MR) is 84.4 cm³/mol. The van der Waals surface area contributed by atoms with E-state index in [0.29, 0.717) is 18.7 Å². The first-order valence-corrected chi connectivity index (χ1v) is 8.16. The van der Waals surface area contributed by atoms with Crippen molar-refractivity contribution < 1.29 is 9.53 Å². The molecule has 5 nitrogen and oxygen atoms in total. The first kappa shape index (κ1) is 16.3. The number of hydrogen-bond acceptors (Lipinski definition) is 3. The van der Waals surface area contributed by atoms with Gasteiger partial charge in [-0.1, -0.05) is 12.2 Å². The van der Waals surface area contributed by atoms with Gasteiger partial charge < -0.3 is 15.4 Å². The van der Waals surface area contributed by atoms with Crippen molar-refractivity contribution in [2.24, 2.45) is 0 Å². The maximum atomic E-state index is 11.9. The molecule has 0 aromatic rings. The quantitative estimate of drug-likeness (QED) is 0.736. The van der Waals surface area contributed by atoms with Crippen molar-refractivity contribution in [3.8, 4) is 0 Å². The van der Waals surface area contributed by atoms with E-state index in [0.717, 1.165) is 58.3 Å². The van der Waals surface area contributed by atoms with Crippen LogP contribution in [0.5, 0.6) is 0 Å². The second-order valence-corrected chi connectivity index (χ2v) is 6.33. The van der Waals surface area contributed by atoms with Crippen LogP contribution in [0, 0.1) is 0 Å². The number of carbonyl (C=O) groups excluding carboxylic acids is 1. The minimum absolute atomic E-state index is 0.0358. The average Bonchev–Trinajstić information content (AvgIpc) is 2.93. The molecule has 0 aromatic carbocycles. The Kier molecular flexibility index (Phi) is 6.51. The van der Waals surface area contributed by atoms with Gasteiger partial charge in [0, 0.05) is 38.8 Å². The summed E-state index contributed by atoms with van der Waals surface area (Å²) in [7, 11) is 0. The van der Waals surface area contributed by atoms with Gasteiger partial charge in [-0.2, -0.15) is 0 Å². The van der Waals surface area contributed by atoms with Crippen molar-refractivity contribution in [2.45, 2.75) is 51.2 Å². The van der Waals surface area contributed by atoms with Crippen LogP contribution in [0.25, 0.3) is 0 Å². The number of nitrogens with one attached hydrogen (secondary N) is 2. The molecule has 21 heavy (non-hydrogen) atoms. The molecule has 2 aliphatic heterocycles. The molecular weight excluding hydrogens is 266 g/mol. The predicted octanol–water partition coefficient (Wildman–Crippen LogP) is 1.90. The van der Waals surface area contributed by atoms with Crippen molar-refractivity contribution in [1.82, 2.24) is 15.5 Å². The van der Waals surface area contributed by atoms with E-state index in [1.54, 1.807) is 0 Å². The molecule has 2 heterocycles. The Morgan fingerprint density at radius 3 is 2.71 bits per heavy atom. The van der Waals surface area contributed by atoms with Gasteiger partial charge in [-0.15, -0.1) is 0 Å². The molecule has 0 aliphatic carbocycles. The topological polar surface area (TPSA) is 53.6 Å². The van der Waals surface area contributed by atoms with Gasteiger partial charge in [-0.05, 0) is 39.0 Å². The van der Waals surface area contributed by atoms with E-state index >= 15 is 0 Å². The van der Waals surface area contributed by atoms with Crippen LogP contribution in [0.2, 0.25) is 0 Å². The van der Waals surface area contributed by atoms with E-state index in [2.05, 4.69) is 29.0 Å². The molecule has 2 fully saturated rings. The normalized spacial score (nSPS) is 24.0. The minimum atomic E-state index is -0.0358. The molecular formula is C16H29N3O2. The average molecular weight is 295 g/mol. The molecule has 1 atom stereocenters. The Hall–Kier alpha value is -1.07. The third-order valence-electron chi connectivity index (χ3n) is 4.19. The lowest BCUT2D eigenvalue weighted by atomic mass is 10.0. The van der Waals surface area contributed by atoms with Crippen LogP contribution in [-0.4, -0.2) is 55.9 Å². The largest absolute Gasteiger partial charge is 0.378 e. The first-order chi connectivity index (χ1) is 10.1. The third-order valence-corrected chi connectivity index (χ3v) is 4.19. The van der Waals surface area contributed by atoms with Gasteiger partial charge in [0.25, 0.3) is 0 Å². The van der Waals surface area contributed by atoms with Crippen LogP contribution >= 0.6 is 0 Å². The summed E-state index contributed by atoms with van der Waals surface area (Å²) in [6.07, 6.45) is 5.59. The number of likely N-dealkylation sites (tertiary alicyclic amines) is 1. The number of rotatable bonds is 6. The molecule has 5 heteroatoms. The Bertz CT molecular complexity index is 345. The SMILES string of the molecule is C=C(C)CN1CCC(NC(=O)NCCC2CCCO2)CC1. The highest BCUT2D eigenvalue weighted by Crippen LogP contribution is 2.14. The number of hydrogen-bond donors (Lipinski definition) is 2. The zero-order chi connectivity index (χ0) is 15.1. The maximum Gasteiger partial charge on any atom is 0.315 e. The van der Waals surface area contributed by atoms with Gasteiger partial charge >= 0.3 is 6.03 Å². The summed E-state index contributed by atoms with van der Waals surface area (Å²) in [5.74, 6) is 0. The van der Waals surface area contributed by atoms with Gasteiger partial charge in [0.2, 0.25) is 0 Å². The standard InChI is InChI=1S/C16H29N3O2/c1-13(2)12-19-9-6-14(7-10-19)18-16(20)17-8-5-15-4-3-11-21-15/h14-15H,1,3-12H2,2H3,(H2,17,18,20). The molecule has 2 saturated heterocycles. The monoisotopic (exact) mass is 295 g/mol. The van der Waals surface area contributed by atoms with E-state index in [9.17, 15) is 4.79 Å². The lowest BCUT2D eigenvalue weighted by molar-refractivity contribution is 0.104. The Labute approximate surface area is 128 Å². The first-order valence-electron chi connectivity index (χ1n) is 8.16. The fraction of sp³-hybridized carbons (Fsp3) is 0.812. The van der Waals surface area contributed by atoms with E-state index in [1.807, 2.05) is 0 Å². The molecule has 120 valence electrons. The molecule has 0 saturated carbocycles. The van der Waals surface area contributed by atoms with Crippen molar-refractivity contribution >= 4 is 6.03 Å². The lowest BCUT2D eigenvalue weighted by Crippen LogP contribution is -2.48. The molecule has 0 bridgehead atoms. The number of piperidine rings is 1. The van der Waals surface area contributed by atoms with Gasteiger partial charge in [-0.3, -0.25) is 4.90 Å². The fourth-order valence-electron chi connectivity index (χ4n) is 3.07. The number of nitrogens with zero attached hydrogens (tertiary/aromatic N) is 1. The molecule has 0 aromatic heterocycles. The number of urea groups is 1. The van der Waals surface area contributed by atoms with Gasteiger partial charge in [-0.25, -0.2) is 4.79 Å². The van der Waals surface area contributed by atoms with Crippen molar-refractivity contribution in [2.75, 3.05) is 32.8 Å². The zero-order valence-corrected chi connectivity index (χ0v) is 13.2. The number of carbonyl (C=O) groups is 1. The van der Waals surface area contributed by atoms with Crippen LogP contribution in [0.1, 0.15) is 39.0 Å².